The second-order valence-electron chi connectivity index (χ2n) is 8.48. The fourth-order valence-electron chi connectivity index (χ4n) is 4.28. The van der Waals surface area contributed by atoms with E-state index < -0.39 is 11.3 Å². The van der Waals surface area contributed by atoms with Gasteiger partial charge in [0.15, 0.2) is 5.72 Å². The fraction of sp³-hybridized carbons (Fsp3) is 0.231. The third kappa shape index (κ3) is 3.96. The molecule has 0 N–H and O–H groups in total. The van der Waals surface area contributed by atoms with Gasteiger partial charge in [0.2, 0.25) is 0 Å². The van der Waals surface area contributed by atoms with Gasteiger partial charge in [-0.3, -0.25) is 9.69 Å². The van der Waals surface area contributed by atoms with E-state index >= 15 is 0 Å². The molecular weight excluding hydrogens is 523 g/mol. The van der Waals surface area contributed by atoms with Crippen LogP contribution in [0.5, 0.6) is 0 Å². The average molecular weight is 542 g/mol. The molecule has 4 nitrogen and oxygen atoms in total. The number of amides is 1. The van der Waals surface area contributed by atoms with Crippen LogP contribution in [0.2, 0.25) is 10.0 Å². The van der Waals surface area contributed by atoms with E-state index in [4.69, 9.17) is 34.5 Å². The number of rotatable bonds is 6. The van der Waals surface area contributed by atoms with E-state index in [9.17, 15) is 4.79 Å². The summed E-state index contributed by atoms with van der Waals surface area (Å²) >= 11 is 15.8. The number of ether oxygens (including phenoxy) is 1. The van der Waals surface area contributed by atoms with Crippen molar-refractivity contribution in [2.24, 2.45) is 0 Å². The SMILES string of the molecule is [C-]#[N+]C1(COC2(c3ccc(Cl)cc3)c3ccc(Br)cc3C(=O)N2Cc2ccc(Cl)cc2)CC1. The molecule has 1 aliphatic carbocycles. The van der Waals surface area contributed by atoms with Gasteiger partial charge in [-0.05, 0) is 42.0 Å². The zero-order valence-corrected chi connectivity index (χ0v) is 20.6. The molecule has 1 heterocycles. The third-order valence-electron chi connectivity index (χ3n) is 6.31. The number of nitrogens with zero attached hydrogens (tertiary/aromatic N) is 2. The second kappa shape index (κ2) is 8.45. The van der Waals surface area contributed by atoms with Gasteiger partial charge in [-0.1, -0.05) is 69.5 Å². The summed E-state index contributed by atoms with van der Waals surface area (Å²) in [7, 11) is 0. The van der Waals surface area contributed by atoms with Crippen LogP contribution in [0, 0.1) is 6.57 Å². The molecule has 3 aromatic carbocycles. The lowest BCUT2D eigenvalue weighted by Crippen LogP contribution is -2.47. The van der Waals surface area contributed by atoms with Crippen molar-refractivity contribution in [3.63, 3.8) is 0 Å². The Hall–Kier alpha value is -2.36. The molecule has 0 aromatic heterocycles. The van der Waals surface area contributed by atoms with Crippen LogP contribution in [0.25, 0.3) is 4.85 Å². The standard InChI is InChI=1S/C26H19BrCl2N2O2/c1-30-25(12-13-25)16-33-26(18-4-9-21(29)10-5-18)23-11-6-19(27)14-22(23)24(32)31(26)15-17-2-7-20(28)8-3-17/h2-11,14H,12-13,15-16H2. The van der Waals surface area contributed by atoms with Crippen LogP contribution >= 0.6 is 39.1 Å². The minimum Gasteiger partial charge on any atom is -0.339 e. The Bertz CT molecular complexity index is 1270. The molecule has 1 amide bonds. The summed E-state index contributed by atoms with van der Waals surface area (Å²) in [6.07, 6.45) is 1.59. The maximum absolute atomic E-state index is 13.8. The highest BCUT2D eigenvalue weighted by atomic mass is 79.9. The van der Waals surface area contributed by atoms with Crippen molar-refractivity contribution in [1.82, 2.24) is 4.90 Å². The third-order valence-corrected chi connectivity index (χ3v) is 7.30. The number of benzene rings is 3. The van der Waals surface area contributed by atoms with Gasteiger partial charge in [0.25, 0.3) is 11.4 Å². The largest absolute Gasteiger partial charge is 0.339 e. The minimum absolute atomic E-state index is 0.135. The molecule has 5 rings (SSSR count). The molecule has 1 unspecified atom stereocenters. The van der Waals surface area contributed by atoms with E-state index in [1.165, 1.54) is 0 Å². The Labute approximate surface area is 211 Å². The quantitative estimate of drug-likeness (QED) is 0.312. The number of carbonyl (C=O) groups is 1. The lowest BCUT2D eigenvalue weighted by atomic mass is 9.93. The summed E-state index contributed by atoms with van der Waals surface area (Å²) in [6.45, 7) is 8.18. The van der Waals surface area contributed by atoms with Crippen LogP contribution in [0.1, 0.15) is 39.9 Å². The van der Waals surface area contributed by atoms with E-state index in [-0.39, 0.29) is 12.5 Å². The fourth-order valence-corrected chi connectivity index (χ4v) is 4.89. The van der Waals surface area contributed by atoms with Crippen molar-refractivity contribution >= 4 is 45.0 Å². The zero-order chi connectivity index (χ0) is 23.2. The Kier molecular flexibility index (Phi) is 5.74. The van der Waals surface area contributed by atoms with Crippen LogP contribution in [-0.2, 0) is 17.0 Å². The van der Waals surface area contributed by atoms with Crippen molar-refractivity contribution in [2.45, 2.75) is 30.7 Å². The van der Waals surface area contributed by atoms with Crippen LogP contribution in [0.4, 0.5) is 0 Å². The van der Waals surface area contributed by atoms with Crippen molar-refractivity contribution in [3.05, 3.63) is 115 Å². The minimum atomic E-state index is -1.18. The van der Waals surface area contributed by atoms with Crippen molar-refractivity contribution in [3.8, 4) is 0 Å². The Morgan fingerprint density at radius 1 is 1.00 bits per heavy atom. The maximum Gasteiger partial charge on any atom is 0.257 e. The number of hydrogen-bond acceptors (Lipinski definition) is 2. The summed E-state index contributed by atoms with van der Waals surface area (Å²) in [5, 5.41) is 1.23. The smallest absolute Gasteiger partial charge is 0.257 e. The van der Waals surface area contributed by atoms with E-state index in [2.05, 4.69) is 20.8 Å². The molecule has 3 aromatic rings. The maximum atomic E-state index is 13.8. The molecule has 0 bridgehead atoms. The Balaban J connectivity index is 1.68. The summed E-state index contributed by atoms with van der Waals surface area (Å²) < 4.78 is 7.50. The molecule has 166 valence electrons. The predicted octanol–water partition coefficient (Wildman–Crippen LogP) is 7.08. The Morgan fingerprint density at radius 3 is 2.24 bits per heavy atom. The van der Waals surface area contributed by atoms with Gasteiger partial charge in [-0.25, -0.2) is 6.57 Å². The normalized spacial score (nSPS) is 20.4. The molecular formula is C26H19BrCl2N2O2. The molecule has 0 radical (unpaired) electrons. The van der Waals surface area contributed by atoms with Crippen molar-refractivity contribution in [2.75, 3.05) is 6.61 Å². The van der Waals surface area contributed by atoms with Crippen LogP contribution in [0.15, 0.2) is 71.2 Å². The highest BCUT2D eigenvalue weighted by Gasteiger charge is 2.57. The first-order chi connectivity index (χ1) is 15.9. The number of carbonyl (C=O) groups excluding carboxylic acids is 1. The number of hydrogen-bond donors (Lipinski definition) is 0. The number of fused-ring (bicyclic) bond motifs is 1. The summed E-state index contributed by atoms with van der Waals surface area (Å²) in [4.78, 5) is 19.4. The van der Waals surface area contributed by atoms with E-state index in [1.54, 1.807) is 17.0 Å². The summed E-state index contributed by atoms with van der Waals surface area (Å²) in [5.41, 5.74) is 1.34. The molecule has 1 atom stereocenters. The van der Waals surface area contributed by atoms with Gasteiger partial charge in [-0.2, -0.15) is 0 Å². The zero-order valence-electron chi connectivity index (χ0n) is 17.5. The molecule has 0 saturated heterocycles. The first-order valence-corrected chi connectivity index (χ1v) is 12.1. The van der Waals surface area contributed by atoms with Crippen LogP contribution in [0.3, 0.4) is 0 Å². The molecule has 33 heavy (non-hydrogen) atoms. The molecule has 2 aliphatic rings. The van der Waals surface area contributed by atoms with Gasteiger partial charge in [0.05, 0.1) is 0 Å². The molecule has 1 fully saturated rings. The number of halogens is 3. The predicted molar refractivity (Wildman–Crippen MR) is 132 cm³/mol. The van der Waals surface area contributed by atoms with Gasteiger partial charge in [0.1, 0.15) is 6.61 Å². The van der Waals surface area contributed by atoms with Gasteiger partial charge in [-0.15, -0.1) is 0 Å². The summed E-state index contributed by atoms with van der Waals surface area (Å²) in [5.74, 6) is -0.135. The lowest BCUT2D eigenvalue weighted by Gasteiger charge is -2.39. The van der Waals surface area contributed by atoms with Gasteiger partial charge < -0.3 is 9.58 Å². The van der Waals surface area contributed by atoms with E-state index in [0.717, 1.165) is 34.0 Å². The van der Waals surface area contributed by atoms with E-state index in [0.29, 0.717) is 22.2 Å². The molecule has 1 saturated carbocycles. The summed E-state index contributed by atoms with van der Waals surface area (Å²) in [6, 6.07) is 20.5. The topological polar surface area (TPSA) is 33.9 Å². The Morgan fingerprint density at radius 2 is 1.64 bits per heavy atom. The lowest BCUT2D eigenvalue weighted by molar-refractivity contribution is -0.115. The van der Waals surface area contributed by atoms with Crippen molar-refractivity contribution < 1.29 is 9.53 Å². The highest BCUT2D eigenvalue weighted by molar-refractivity contribution is 9.10. The highest BCUT2D eigenvalue weighted by Crippen LogP contribution is 2.49. The monoisotopic (exact) mass is 540 g/mol. The van der Waals surface area contributed by atoms with E-state index in [1.807, 2.05) is 54.6 Å². The second-order valence-corrected chi connectivity index (χ2v) is 10.3. The first-order valence-electron chi connectivity index (χ1n) is 10.5. The van der Waals surface area contributed by atoms with Crippen molar-refractivity contribution in [1.29, 1.82) is 0 Å². The van der Waals surface area contributed by atoms with Crippen LogP contribution in [-0.4, -0.2) is 23.0 Å². The molecule has 0 spiro atoms. The molecule has 7 heteroatoms. The first kappa shape index (κ1) is 22.4. The average Bonchev–Trinajstić information content (AvgIpc) is 3.57. The van der Waals surface area contributed by atoms with Gasteiger partial charge in [0, 0.05) is 50.6 Å². The van der Waals surface area contributed by atoms with Crippen LogP contribution < -0.4 is 0 Å². The van der Waals surface area contributed by atoms with Gasteiger partial charge >= 0.3 is 0 Å². The molecule has 1 aliphatic heterocycles.